The van der Waals surface area contributed by atoms with Crippen LogP contribution in [0.15, 0.2) is 23.1 Å². The van der Waals surface area contributed by atoms with Crippen molar-refractivity contribution in [3.63, 3.8) is 0 Å². The smallest absolute Gasteiger partial charge is 0.251 e. The van der Waals surface area contributed by atoms with Gasteiger partial charge in [0.1, 0.15) is 0 Å². The van der Waals surface area contributed by atoms with Gasteiger partial charge in [0.25, 0.3) is 5.91 Å². The Kier molecular flexibility index (Phi) is 4.15. The van der Waals surface area contributed by atoms with Crippen LogP contribution in [0.4, 0.5) is 0 Å². The summed E-state index contributed by atoms with van der Waals surface area (Å²) < 4.78 is 22.7. The molecule has 6 heteroatoms. The van der Waals surface area contributed by atoms with E-state index in [0.29, 0.717) is 11.5 Å². The fourth-order valence-corrected chi connectivity index (χ4v) is 2.90. The van der Waals surface area contributed by atoms with Gasteiger partial charge in [-0.05, 0) is 50.3 Å². The minimum Gasteiger partial charge on any atom is -0.349 e. The number of hydrogen-bond acceptors (Lipinski definition) is 3. The summed E-state index contributed by atoms with van der Waals surface area (Å²) in [6.45, 7) is 3.76. The average molecular weight is 296 g/mol. The number of rotatable bonds is 4. The van der Waals surface area contributed by atoms with Crippen molar-refractivity contribution in [3.05, 3.63) is 29.3 Å². The van der Waals surface area contributed by atoms with Crippen molar-refractivity contribution in [1.82, 2.24) is 5.32 Å². The molecule has 0 saturated heterocycles. The lowest BCUT2D eigenvalue weighted by atomic mass is 9.80. The van der Waals surface area contributed by atoms with E-state index in [0.717, 1.165) is 18.4 Å². The van der Waals surface area contributed by atoms with Crippen molar-refractivity contribution in [1.29, 1.82) is 0 Å². The molecule has 1 aliphatic carbocycles. The van der Waals surface area contributed by atoms with E-state index in [1.807, 2.05) is 6.92 Å². The third kappa shape index (κ3) is 3.19. The number of carbonyl (C=O) groups excluding carboxylic acids is 1. The molecule has 1 aromatic rings. The molecule has 0 bridgehead atoms. The number of amides is 1. The lowest BCUT2D eigenvalue weighted by Crippen LogP contribution is -2.41. The van der Waals surface area contributed by atoms with Crippen LogP contribution in [0.3, 0.4) is 0 Å². The Morgan fingerprint density at radius 1 is 1.40 bits per heavy atom. The standard InChI is InChI=1S/C14H20N2O3S/c1-9-6-7-12(20(15,18)19)8-13(9)14(17)16-10(2)11-4-3-5-11/h6-8,10-11H,3-5H2,1-2H3,(H,16,17)(H2,15,18,19). The van der Waals surface area contributed by atoms with Crippen molar-refractivity contribution < 1.29 is 13.2 Å². The maximum absolute atomic E-state index is 12.3. The van der Waals surface area contributed by atoms with Crippen LogP contribution in [0.1, 0.15) is 42.1 Å². The van der Waals surface area contributed by atoms with Crippen LogP contribution in [0.2, 0.25) is 0 Å². The highest BCUT2D eigenvalue weighted by Crippen LogP contribution is 2.29. The molecular formula is C14H20N2O3S. The molecular weight excluding hydrogens is 276 g/mol. The Morgan fingerprint density at radius 3 is 2.55 bits per heavy atom. The van der Waals surface area contributed by atoms with E-state index in [-0.39, 0.29) is 16.8 Å². The van der Waals surface area contributed by atoms with E-state index in [4.69, 9.17) is 5.14 Å². The molecule has 0 spiro atoms. The zero-order chi connectivity index (χ0) is 14.9. The van der Waals surface area contributed by atoms with Crippen LogP contribution >= 0.6 is 0 Å². The summed E-state index contributed by atoms with van der Waals surface area (Å²) in [5.74, 6) is 0.285. The summed E-state index contributed by atoms with van der Waals surface area (Å²) in [4.78, 5) is 12.2. The molecule has 1 unspecified atom stereocenters. The highest BCUT2D eigenvalue weighted by molar-refractivity contribution is 7.89. The molecule has 5 nitrogen and oxygen atoms in total. The molecule has 1 fully saturated rings. The Bertz CT molecular complexity index is 621. The van der Waals surface area contributed by atoms with Crippen LogP contribution in [-0.4, -0.2) is 20.4 Å². The summed E-state index contributed by atoms with van der Waals surface area (Å²) in [6, 6.07) is 4.46. The zero-order valence-electron chi connectivity index (χ0n) is 11.7. The number of hydrogen-bond donors (Lipinski definition) is 2. The van der Waals surface area contributed by atoms with Crippen molar-refractivity contribution in [2.75, 3.05) is 0 Å². The first-order valence-electron chi connectivity index (χ1n) is 6.73. The summed E-state index contributed by atoms with van der Waals surface area (Å²) in [7, 11) is -3.79. The molecule has 0 radical (unpaired) electrons. The van der Waals surface area contributed by atoms with E-state index in [1.54, 1.807) is 13.0 Å². The maximum Gasteiger partial charge on any atom is 0.251 e. The second-order valence-corrected chi connectivity index (χ2v) is 7.04. The highest BCUT2D eigenvalue weighted by Gasteiger charge is 2.26. The topological polar surface area (TPSA) is 89.3 Å². The van der Waals surface area contributed by atoms with Gasteiger partial charge in [0.05, 0.1) is 4.90 Å². The Hall–Kier alpha value is -1.40. The van der Waals surface area contributed by atoms with E-state index in [1.165, 1.54) is 18.6 Å². The van der Waals surface area contributed by atoms with Crippen molar-refractivity contribution in [2.45, 2.75) is 44.0 Å². The van der Waals surface area contributed by atoms with Gasteiger partial charge in [0.15, 0.2) is 0 Å². The number of aryl methyl sites for hydroxylation is 1. The molecule has 0 aliphatic heterocycles. The maximum atomic E-state index is 12.3. The van der Waals surface area contributed by atoms with Crippen LogP contribution in [0, 0.1) is 12.8 Å². The van der Waals surface area contributed by atoms with Gasteiger partial charge in [-0.2, -0.15) is 0 Å². The number of primary sulfonamides is 1. The molecule has 20 heavy (non-hydrogen) atoms. The largest absolute Gasteiger partial charge is 0.349 e. The summed E-state index contributed by atoms with van der Waals surface area (Å²) in [5.41, 5.74) is 1.10. The number of sulfonamides is 1. The molecule has 1 amide bonds. The fraction of sp³-hybridized carbons (Fsp3) is 0.500. The van der Waals surface area contributed by atoms with Gasteiger partial charge in [-0.3, -0.25) is 4.79 Å². The first-order chi connectivity index (χ1) is 9.29. The number of carbonyl (C=O) groups is 1. The first-order valence-corrected chi connectivity index (χ1v) is 8.28. The Morgan fingerprint density at radius 2 is 2.05 bits per heavy atom. The van der Waals surface area contributed by atoms with Crippen molar-refractivity contribution in [2.24, 2.45) is 11.1 Å². The van der Waals surface area contributed by atoms with Gasteiger partial charge in [0, 0.05) is 11.6 Å². The normalized spacial score (nSPS) is 17.4. The summed E-state index contributed by atoms with van der Waals surface area (Å²) in [5, 5.41) is 8.04. The third-order valence-electron chi connectivity index (χ3n) is 4.00. The molecule has 3 N–H and O–H groups in total. The molecule has 1 saturated carbocycles. The van der Waals surface area contributed by atoms with Gasteiger partial charge in [-0.1, -0.05) is 12.5 Å². The Balaban J connectivity index is 2.20. The van der Waals surface area contributed by atoms with Crippen molar-refractivity contribution >= 4 is 15.9 Å². The monoisotopic (exact) mass is 296 g/mol. The van der Waals surface area contributed by atoms with E-state index in [9.17, 15) is 13.2 Å². The van der Waals surface area contributed by atoms with E-state index < -0.39 is 10.0 Å². The van der Waals surface area contributed by atoms with Crippen LogP contribution in [-0.2, 0) is 10.0 Å². The SMILES string of the molecule is Cc1ccc(S(N)(=O)=O)cc1C(=O)NC(C)C1CCC1. The predicted molar refractivity (Wildman–Crippen MR) is 76.8 cm³/mol. The quantitative estimate of drug-likeness (QED) is 0.883. The van der Waals surface area contributed by atoms with Crippen molar-refractivity contribution in [3.8, 4) is 0 Å². The summed E-state index contributed by atoms with van der Waals surface area (Å²) >= 11 is 0. The molecule has 2 rings (SSSR count). The minimum atomic E-state index is -3.79. The van der Waals surface area contributed by atoms with Crippen LogP contribution in [0.25, 0.3) is 0 Å². The van der Waals surface area contributed by atoms with Gasteiger partial charge in [0.2, 0.25) is 10.0 Å². The zero-order valence-corrected chi connectivity index (χ0v) is 12.5. The number of benzene rings is 1. The molecule has 0 aromatic heterocycles. The molecule has 1 aromatic carbocycles. The summed E-state index contributed by atoms with van der Waals surface area (Å²) in [6.07, 6.45) is 3.49. The third-order valence-corrected chi connectivity index (χ3v) is 4.91. The highest BCUT2D eigenvalue weighted by atomic mass is 32.2. The second-order valence-electron chi connectivity index (χ2n) is 5.47. The fourth-order valence-electron chi connectivity index (χ4n) is 2.36. The number of nitrogens with two attached hydrogens (primary N) is 1. The van der Waals surface area contributed by atoms with Gasteiger partial charge < -0.3 is 5.32 Å². The van der Waals surface area contributed by atoms with E-state index >= 15 is 0 Å². The van der Waals surface area contributed by atoms with Gasteiger partial charge in [-0.15, -0.1) is 0 Å². The number of nitrogens with one attached hydrogen (secondary N) is 1. The first kappa shape index (κ1) is 15.0. The van der Waals surface area contributed by atoms with Gasteiger partial charge in [-0.25, -0.2) is 13.6 Å². The lowest BCUT2D eigenvalue weighted by Gasteiger charge is -2.32. The van der Waals surface area contributed by atoms with Gasteiger partial charge >= 0.3 is 0 Å². The predicted octanol–water partition coefficient (Wildman–Crippen LogP) is 1.56. The molecule has 1 atom stereocenters. The van der Waals surface area contributed by atoms with E-state index in [2.05, 4.69) is 5.32 Å². The average Bonchev–Trinajstić information content (AvgIpc) is 2.24. The van der Waals surface area contributed by atoms with Crippen LogP contribution < -0.4 is 10.5 Å². The second kappa shape index (κ2) is 5.54. The lowest BCUT2D eigenvalue weighted by molar-refractivity contribution is 0.0908. The minimum absolute atomic E-state index is 0.0375. The molecule has 1 aliphatic rings. The Labute approximate surface area is 119 Å². The molecule has 0 heterocycles. The van der Waals surface area contributed by atoms with Crippen LogP contribution in [0.5, 0.6) is 0 Å². The molecule has 110 valence electrons.